The van der Waals surface area contributed by atoms with E-state index in [1.165, 1.54) is 10.8 Å². The van der Waals surface area contributed by atoms with Gasteiger partial charge in [0.2, 0.25) is 0 Å². The standard InChI is InChI=1S/C9H10N8O/c1-5(8-10-4-11-14-8)12-6-2-3-7-13-15-9(18)17(7)16-6/h2-5H,1H3,(H,12,16)(H,15,18)(H,10,11,14). The molecule has 0 bridgehead atoms. The first kappa shape index (κ1) is 10.4. The maximum absolute atomic E-state index is 11.4. The van der Waals surface area contributed by atoms with E-state index in [1.807, 2.05) is 6.92 Å². The molecule has 1 atom stereocenters. The maximum atomic E-state index is 11.4. The zero-order valence-electron chi connectivity index (χ0n) is 9.45. The predicted octanol–water partition coefficient (Wildman–Crippen LogP) is -0.291. The van der Waals surface area contributed by atoms with Gasteiger partial charge in [-0.1, -0.05) is 0 Å². The average molecular weight is 246 g/mol. The lowest BCUT2D eigenvalue weighted by molar-refractivity contribution is 0.776. The molecule has 0 aliphatic carbocycles. The van der Waals surface area contributed by atoms with E-state index in [2.05, 4.69) is 35.8 Å². The molecule has 1 unspecified atom stereocenters. The number of nitrogens with one attached hydrogen (secondary N) is 3. The normalized spacial score (nSPS) is 12.7. The first-order valence-electron chi connectivity index (χ1n) is 5.30. The van der Waals surface area contributed by atoms with Crippen LogP contribution in [0.25, 0.3) is 5.65 Å². The molecule has 0 radical (unpaired) electrons. The largest absolute Gasteiger partial charge is 0.364 e. The molecule has 0 aliphatic rings. The second-order valence-corrected chi connectivity index (χ2v) is 3.75. The van der Waals surface area contributed by atoms with E-state index in [0.717, 1.165) is 0 Å². The molecule has 3 aromatic rings. The molecular weight excluding hydrogens is 236 g/mol. The lowest BCUT2D eigenvalue weighted by Gasteiger charge is -2.10. The summed E-state index contributed by atoms with van der Waals surface area (Å²) >= 11 is 0. The minimum atomic E-state index is -0.374. The second kappa shape index (κ2) is 3.95. The van der Waals surface area contributed by atoms with Gasteiger partial charge in [-0.2, -0.15) is 14.7 Å². The Morgan fingerprint density at radius 1 is 1.39 bits per heavy atom. The fourth-order valence-corrected chi connectivity index (χ4v) is 1.59. The maximum Gasteiger partial charge on any atom is 0.364 e. The third-order valence-corrected chi connectivity index (χ3v) is 2.48. The summed E-state index contributed by atoms with van der Waals surface area (Å²) in [6.45, 7) is 1.91. The zero-order chi connectivity index (χ0) is 12.5. The molecule has 0 spiro atoms. The highest BCUT2D eigenvalue weighted by Crippen LogP contribution is 2.12. The summed E-state index contributed by atoms with van der Waals surface area (Å²) in [5.74, 6) is 1.24. The van der Waals surface area contributed by atoms with Gasteiger partial charge >= 0.3 is 5.69 Å². The van der Waals surface area contributed by atoms with Crippen LogP contribution in [0.3, 0.4) is 0 Å². The van der Waals surface area contributed by atoms with Crippen LogP contribution in [0.1, 0.15) is 18.8 Å². The Labute approximate surface area is 100 Å². The van der Waals surface area contributed by atoms with E-state index in [1.54, 1.807) is 12.1 Å². The topological polar surface area (TPSA) is 117 Å². The van der Waals surface area contributed by atoms with Crippen molar-refractivity contribution in [1.82, 2.24) is 35.0 Å². The van der Waals surface area contributed by atoms with Crippen LogP contribution in [0.15, 0.2) is 23.3 Å². The molecule has 0 aromatic carbocycles. The van der Waals surface area contributed by atoms with E-state index in [-0.39, 0.29) is 11.7 Å². The van der Waals surface area contributed by atoms with Crippen molar-refractivity contribution >= 4 is 11.5 Å². The monoisotopic (exact) mass is 246 g/mol. The second-order valence-electron chi connectivity index (χ2n) is 3.75. The van der Waals surface area contributed by atoms with Crippen molar-refractivity contribution < 1.29 is 0 Å². The summed E-state index contributed by atoms with van der Waals surface area (Å²) in [5.41, 5.74) is 0.0961. The van der Waals surface area contributed by atoms with Crippen molar-refractivity contribution in [3.8, 4) is 0 Å². The summed E-state index contributed by atoms with van der Waals surface area (Å²) in [5, 5.41) is 19.9. The van der Waals surface area contributed by atoms with Crippen molar-refractivity contribution in [1.29, 1.82) is 0 Å². The van der Waals surface area contributed by atoms with Crippen molar-refractivity contribution in [3.05, 3.63) is 34.8 Å². The third kappa shape index (κ3) is 1.71. The number of hydrogen-bond donors (Lipinski definition) is 3. The number of fused-ring (bicyclic) bond motifs is 1. The molecule has 18 heavy (non-hydrogen) atoms. The van der Waals surface area contributed by atoms with Crippen LogP contribution >= 0.6 is 0 Å². The fraction of sp³-hybridized carbons (Fsp3) is 0.222. The highest BCUT2D eigenvalue weighted by atomic mass is 16.2. The Balaban J connectivity index is 1.90. The Morgan fingerprint density at radius 2 is 2.28 bits per heavy atom. The van der Waals surface area contributed by atoms with E-state index in [4.69, 9.17) is 0 Å². The van der Waals surface area contributed by atoms with Crippen molar-refractivity contribution in [2.75, 3.05) is 5.32 Å². The van der Waals surface area contributed by atoms with Gasteiger partial charge in [-0.05, 0) is 19.1 Å². The van der Waals surface area contributed by atoms with Crippen molar-refractivity contribution in [3.63, 3.8) is 0 Å². The predicted molar refractivity (Wildman–Crippen MR) is 62.0 cm³/mol. The molecule has 3 aromatic heterocycles. The molecule has 0 saturated heterocycles. The first-order valence-corrected chi connectivity index (χ1v) is 5.30. The smallest absolute Gasteiger partial charge is 0.359 e. The third-order valence-electron chi connectivity index (χ3n) is 2.48. The molecule has 0 saturated carbocycles. The number of H-pyrrole nitrogens is 2. The number of aromatic amines is 2. The Hall–Kier alpha value is -2.71. The highest BCUT2D eigenvalue weighted by Gasteiger charge is 2.10. The van der Waals surface area contributed by atoms with Crippen LogP contribution in [-0.2, 0) is 0 Å². The molecule has 92 valence electrons. The molecule has 0 fully saturated rings. The summed E-state index contributed by atoms with van der Waals surface area (Å²) in [6.07, 6.45) is 1.44. The lowest BCUT2D eigenvalue weighted by Crippen LogP contribution is -2.15. The summed E-state index contributed by atoms with van der Waals surface area (Å²) < 4.78 is 1.19. The first-order chi connectivity index (χ1) is 8.74. The van der Waals surface area contributed by atoms with Gasteiger partial charge in [0.05, 0.1) is 6.04 Å². The molecule has 0 aliphatic heterocycles. The molecule has 9 heteroatoms. The fourth-order valence-electron chi connectivity index (χ4n) is 1.59. The number of aromatic nitrogens is 7. The van der Waals surface area contributed by atoms with E-state index in [0.29, 0.717) is 17.3 Å². The van der Waals surface area contributed by atoms with Crippen LogP contribution in [-0.4, -0.2) is 35.0 Å². The minimum absolute atomic E-state index is 0.0972. The van der Waals surface area contributed by atoms with Crippen LogP contribution in [0, 0.1) is 0 Å². The number of hydrogen-bond acceptors (Lipinski definition) is 6. The van der Waals surface area contributed by atoms with Crippen LogP contribution < -0.4 is 11.0 Å². The quantitative estimate of drug-likeness (QED) is 0.584. The Kier molecular flexibility index (Phi) is 2.29. The SMILES string of the molecule is CC(Nc1ccc2n[nH]c(=O)n2n1)c1ncn[nH]1. The van der Waals surface area contributed by atoms with Gasteiger partial charge in [-0.3, -0.25) is 5.10 Å². The molecule has 0 amide bonds. The molecule has 3 N–H and O–H groups in total. The summed E-state index contributed by atoms with van der Waals surface area (Å²) in [6, 6.07) is 3.34. The van der Waals surface area contributed by atoms with E-state index in [9.17, 15) is 4.79 Å². The molecule has 3 rings (SSSR count). The summed E-state index contributed by atoms with van der Waals surface area (Å²) in [7, 11) is 0. The van der Waals surface area contributed by atoms with Gasteiger partial charge < -0.3 is 5.32 Å². The van der Waals surface area contributed by atoms with Gasteiger partial charge in [0.1, 0.15) is 18.0 Å². The number of rotatable bonds is 3. The minimum Gasteiger partial charge on any atom is -0.359 e. The number of anilines is 1. The molecular formula is C9H10N8O. The molecule has 3 heterocycles. The number of nitrogens with zero attached hydrogens (tertiary/aromatic N) is 5. The zero-order valence-corrected chi connectivity index (χ0v) is 9.45. The van der Waals surface area contributed by atoms with Crippen LogP contribution in [0.2, 0.25) is 0 Å². The van der Waals surface area contributed by atoms with Gasteiger partial charge in [0.15, 0.2) is 5.65 Å². The van der Waals surface area contributed by atoms with Crippen LogP contribution in [0.4, 0.5) is 5.82 Å². The van der Waals surface area contributed by atoms with Gasteiger partial charge in [0, 0.05) is 0 Å². The average Bonchev–Trinajstić information content (AvgIpc) is 3.00. The van der Waals surface area contributed by atoms with Gasteiger partial charge in [-0.25, -0.2) is 14.9 Å². The highest BCUT2D eigenvalue weighted by molar-refractivity contribution is 5.43. The Bertz CT molecular complexity index is 712. The van der Waals surface area contributed by atoms with Gasteiger partial charge in [0.25, 0.3) is 0 Å². The molecule has 9 nitrogen and oxygen atoms in total. The van der Waals surface area contributed by atoms with Crippen LogP contribution in [0.5, 0.6) is 0 Å². The van der Waals surface area contributed by atoms with Crippen molar-refractivity contribution in [2.24, 2.45) is 0 Å². The van der Waals surface area contributed by atoms with Gasteiger partial charge in [-0.15, -0.1) is 5.10 Å². The summed E-state index contributed by atoms with van der Waals surface area (Å²) in [4.78, 5) is 15.4. The lowest BCUT2D eigenvalue weighted by atomic mass is 10.3. The van der Waals surface area contributed by atoms with Crippen molar-refractivity contribution in [2.45, 2.75) is 13.0 Å². The van der Waals surface area contributed by atoms with E-state index >= 15 is 0 Å². The van der Waals surface area contributed by atoms with E-state index < -0.39 is 0 Å². The Morgan fingerprint density at radius 3 is 3.06 bits per heavy atom.